The van der Waals surface area contributed by atoms with Crippen LogP contribution in [-0.4, -0.2) is 40.9 Å². The molecule has 18 heavy (non-hydrogen) atoms. The summed E-state index contributed by atoms with van der Waals surface area (Å²) in [6, 6.07) is 4.38. The maximum Gasteiger partial charge on any atom is 0.229 e. The SMILES string of the molecule is CS(=O)(=O)Nc1ccc(N2CCNCC2)c(F)c1. The van der Waals surface area contributed by atoms with Crippen LogP contribution in [0.1, 0.15) is 0 Å². The van der Waals surface area contributed by atoms with Crippen LogP contribution >= 0.6 is 0 Å². The van der Waals surface area contributed by atoms with Gasteiger partial charge in [0.15, 0.2) is 0 Å². The number of sulfonamides is 1. The predicted molar refractivity (Wildman–Crippen MR) is 69.9 cm³/mol. The minimum absolute atomic E-state index is 0.244. The molecule has 0 aliphatic carbocycles. The Kier molecular flexibility index (Phi) is 3.72. The van der Waals surface area contributed by atoms with Crippen LogP contribution < -0.4 is 14.9 Å². The first kappa shape index (κ1) is 13.1. The molecule has 2 N–H and O–H groups in total. The van der Waals surface area contributed by atoms with E-state index in [0.717, 1.165) is 32.4 Å². The summed E-state index contributed by atoms with van der Waals surface area (Å²) in [5.41, 5.74) is 0.754. The number of piperazine rings is 1. The summed E-state index contributed by atoms with van der Waals surface area (Å²) >= 11 is 0. The summed E-state index contributed by atoms with van der Waals surface area (Å²) < 4.78 is 38.3. The molecule has 1 aliphatic heterocycles. The minimum atomic E-state index is -3.37. The van der Waals surface area contributed by atoms with Crippen LogP contribution in [0.2, 0.25) is 0 Å². The van der Waals surface area contributed by atoms with Gasteiger partial charge in [-0.3, -0.25) is 4.72 Å². The van der Waals surface area contributed by atoms with E-state index in [4.69, 9.17) is 0 Å². The van der Waals surface area contributed by atoms with Crippen LogP contribution in [-0.2, 0) is 10.0 Å². The van der Waals surface area contributed by atoms with Crippen molar-refractivity contribution >= 4 is 21.4 Å². The zero-order valence-electron chi connectivity index (χ0n) is 10.1. The summed E-state index contributed by atoms with van der Waals surface area (Å²) in [6.45, 7) is 3.14. The number of anilines is 2. The number of rotatable bonds is 3. The molecule has 0 atom stereocenters. The Morgan fingerprint density at radius 2 is 2.00 bits per heavy atom. The molecule has 1 aliphatic rings. The molecule has 0 spiro atoms. The van der Waals surface area contributed by atoms with Gasteiger partial charge in [-0.1, -0.05) is 0 Å². The fourth-order valence-electron chi connectivity index (χ4n) is 1.95. The van der Waals surface area contributed by atoms with Gasteiger partial charge in [0.2, 0.25) is 10.0 Å². The van der Waals surface area contributed by atoms with E-state index >= 15 is 0 Å². The monoisotopic (exact) mass is 273 g/mol. The Bertz CT molecular complexity index is 527. The Hall–Kier alpha value is -1.34. The standard InChI is InChI=1S/C11H16FN3O2S/c1-18(16,17)14-9-2-3-11(10(12)8-9)15-6-4-13-5-7-15/h2-3,8,13-14H,4-7H2,1H3. The molecule has 1 heterocycles. The molecule has 0 radical (unpaired) electrons. The summed E-state index contributed by atoms with van der Waals surface area (Å²) in [5.74, 6) is -0.412. The Labute approximate surface area is 106 Å². The van der Waals surface area contributed by atoms with E-state index in [2.05, 4.69) is 10.0 Å². The lowest BCUT2D eigenvalue weighted by Crippen LogP contribution is -2.43. The molecular weight excluding hydrogens is 257 g/mol. The van der Waals surface area contributed by atoms with Crippen molar-refractivity contribution < 1.29 is 12.8 Å². The van der Waals surface area contributed by atoms with Gasteiger partial charge in [-0.15, -0.1) is 0 Å². The maximum absolute atomic E-state index is 13.9. The molecule has 0 saturated carbocycles. The summed E-state index contributed by atoms with van der Waals surface area (Å²) in [6.07, 6.45) is 1.04. The topological polar surface area (TPSA) is 61.4 Å². The van der Waals surface area contributed by atoms with Crippen LogP contribution in [0.4, 0.5) is 15.8 Å². The summed E-state index contributed by atoms with van der Waals surface area (Å²) in [7, 11) is -3.37. The molecule has 1 aromatic rings. The fraction of sp³-hybridized carbons (Fsp3) is 0.455. The molecule has 0 aromatic heterocycles. The summed E-state index contributed by atoms with van der Waals surface area (Å²) in [4.78, 5) is 1.94. The van der Waals surface area contributed by atoms with E-state index in [1.165, 1.54) is 6.07 Å². The lowest BCUT2D eigenvalue weighted by atomic mass is 10.2. The van der Waals surface area contributed by atoms with Crippen molar-refractivity contribution in [1.29, 1.82) is 0 Å². The lowest BCUT2D eigenvalue weighted by Gasteiger charge is -2.29. The maximum atomic E-state index is 13.9. The molecule has 5 nitrogen and oxygen atoms in total. The van der Waals surface area contributed by atoms with Crippen molar-refractivity contribution in [3.8, 4) is 0 Å². The van der Waals surface area contributed by atoms with Gasteiger partial charge in [0.25, 0.3) is 0 Å². The van der Waals surface area contributed by atoms with Gasteiger partial charge in [0.05, 0.1) is 17.6 Å². The number of nitrogens with zero attached hydrogens (tertiary/aromatic N) is 1. The predicted octanol–water partition coefficient (Wildman–Crippen LogP) is 0.607. The van der Waals surface area contributed by atoms with Gasteiger partial charge in [0.1, 0.15) is 5.82 Å². The summed E-state index contributed by atoms with van der Waals surface area (Å²) in [5, 5.41) is 3.19. The van der Waals surface area contributed by atoms with Crippen molar-refractivity contribution in [1.82, 2.24) is 5.32 Å². The molecule has 1 fully saturated rings. The molecule has 2 rings (SSSR count). The van der Waals surface area contributed by atoms with E-state index < -0.39 is 15.8 Å². The van der Waals surface area contributed by atoms with E-state index in [-0.39, 0.29) is 5.69 Å². The van der Waals surface area contributed by atoms with Crippen LogP contribution in [0.15, 0.2) is 18.2 Å². The quantitative estimate of drug-likeness (QED) is 0.847. The average molecular weight is 273 g/mol. The average Bonchev–Trinajstić information content (AvgIpc) is 2.28. The van der Waals surface area contributed by atoms with Crippen LogP contribution in [0.25, 0.3) is 0 Å². The molecule has 100 valence electrons. The third kappa shape index (κ3) is 3.33. The van der Waals surface area contributed by atoms with Crippen molar-refractivity contribution in [3.63, 3.8) is 0 Å². The smallest absolute Gasteiger partial charge is 0.229 e. The second-order valence-corrected chi connectivity index (χ2v) is 6.03. The highest BCUT2D eigenvalue weighted by Gasteiger charge is 2.15. The third-order valence-corrected chi connectivity index (χ3v) is 3.32. The van der Waals surface area contributed by atoms with Gasteiger partial charge >= 0.3 is 0 Å². The number of benzene rings is 1. The fourth-order valence-corrected chi connectivity index (χ4v) is 2.50. The van der Waals surface area contributed by atoms with Gasteiger partial charge in [-0.2, -0.15) is 0 Å². The lowest BCUT2D eigenvalue weighted by molar-refractivity contribution is 0.566. The zero-order chi connectivity index (χ0) is 13.2. The zero-order valence-corrected chi connectivity index (χ0v) is 10.9. The Balaban J connectivity index is 2.19. The molecule has 0 amide bonds. The van der Waals surface area contributed by atoms with E-state index in [1.807, 2.05) is 4.90 Å². The van der Waals surface area contributed by atoms with Crippen molar-refractivity contribution in [2.45, 2.75) is 0 Å². The first-order chi connectivity index (χ1) is 8.46. The van der Waals surface area contributed by atoms with Crippen molar-refractivity contribution in [2.24, 2.45) is 0 Å². The Morgan fingerprint density at radius 3 is 2.56 bits per heavy atom. The second kappa shape index (κ2) is 5.11. The van der Waals surface area contributed by atoms with E-state index in [9.17, 15) is 12.8 Å². The van der Waals surface area contributed by atoms with Gasteiger partial charge in [-0.25, -0.2) is 12.8 Å². The molecular formula is C11H16FN3O2S. The number of halogens is 1. The second-order valence-electron chi connectivity index (χ2n) is 4.28. The van der Waals surface area contributed by atoms with E-state index in [1.54, 1.807) is 12.1 Å². The van der Waals surface area contributed by atoms with Crippen LogP contribution in [0.3, 0.4) is 0 Å². The van der Waals surface area contributed by atoms with Crippen LogP contribution in [0.5, 0.6) is 0 Å². The molecule has 7 heteroatoms. The highest BCUT2D eigenvalue weighted by Crippen LogP contribution is 2.23. The number of hydrogen-bond acceptors (Lipinski definition) is 4. The highest BCUT2D eigenvalue weighted by atomic mass is 32.2. The number of hydrogen-bond donors (Lipinski definition) is 2. The molecule has 1 aromatic carbocycles. The third-order valence-electron chi connectivity index (χ3n) is 2.71. The van der Waals surface area contributed by atoms with Crippen molar-refractivity contribution in [3.05, 3.63) is 24.0 Å². The van der Waals surface area contributed by atoms with Crippen LogP contribution in [0, 0.1) is 5.82 Å². The molecule has 1 saturated heterocycles. The molecule has 0 bridgehead atoms. The highest BCUT2D eigenvalue weighted by molar-refractivity contribution is 7.92. The first-order valence-corrected chi connectivity index (χ1v) is 7.58. The number of nitrogens with one attached hydrogen (secondary N) is 2. The van der Waals surface area contributed by atoms with Gasteiger partial charge in [-0.05, 0) is 12.1 Å². The Morgan fingerprint density at radius 1 is 1.33 bits per heavy atom. The van der Waals surface area contributed by atoms with Gasteiger partial charge < -0.3 is 10.2 Å². The first-order valence-electron chi connectivity index (χ1n) is 5.69. The minimum Gasteiger partial charge on any atom is -0.367 e. The normalized spacial score (nSPS) is 16.7. The van der Waals surface area contributed by atoms with Gasteiger partial charge in [0, 0.05) is 32.2 Å². The van der Waals surface area contributed by atoms with E-state index in [0.29, 0.717) is 5.69 Å². The molecule has 0 unspecified atom stereocenters. The largest absolute Gasteiger partial charge is 0.367 e. The van der Waals surface area contributed by atoms with Crippen molar-refractivity contribution in [2.75, 3.05) is 42.1 Å².